The molecule has 0 spiro atoms. The van der Waals surface area contributed by atoms with Gasteiger partial charge in [-0.2, -0.15) is 0 Å². The second-order valence-corrected chi connectivity index (χ2v) is 5.19. The minimum absolute atomic E-state index is 0.206. The van der Waals surface area contributed by atoms with Gasteiger partial charge in [-0.15, -0.1) is 11.3 Å². The molecule has 2 aromatic rings. The summed E-state index contributed by atoms with van der Waals surface area (Å²) in [5, 5.41) is 8.26. The summed E-state index contributed by atoms with van der Waals surface area (Å²) in [5.74, 6) is 0.705. The van der Waals surface area contributed by atoms with Crippen LogP contribution in [-0.2, 0) is 0 Å². The van der Waals surface area contributed by atoms with Crippen LogP contribution in [0.1, 0.15) is 35.8 Å². The van der Waals surface area contributed by atoms with Crippen LogP contribution in [0.15, 0.2) is 23.7 Å². The van der Waals surface area contributed by atoms with Crippen molar-refractivity contribution in [3.05, 3.63) is 35.0 Å². The molecular weight excluding hydrogens is 260 g/mol. The van der Waals surface area contributed by atoms with Crippen LogP contribution in [0.25, 0.3) is 0 Å². The van der Waals surface area contributed by atoms with Gasteiger partial charge in [0.2, 0.25) is 0 Å². The average Bonchev–Trinajstić information content (AvgIpc) is 2.87. The number of carbonyl (C=O) groups is 1. The number of aromatic nitrogens is 2. The number of rotatable bonds is 4. The third kappa shape index (κ3) is 3.08. The molecule has 0 bridgehead atoms. The number of nitrogens with one attached hydrogen (secondary N) is 2. The molecule has 2 N–H and O–H groups in total. The molecule has 5 nitrogen and oxygen atoms in total. The highest BCUT2D eigenvalue weighted by Gasteiger charge is 2.13. The van der Waals surface area contributed by atoms with Crippen molar-refractivity contribution in [2.75, 3.05) is 17.7 Å². The van der Waals surface area contributed by atoms with Gasteiger partial charge in [0, 0.05) is 18.6 Å². The van der Waals surface area contributed by atoms with E-state index < -0.39 is 0 Å². The van der Waals surface area contributed by atoms with Gasteiger partial charge >= 0.3 is 0 Å². The summed E-state index contributed by atoms with van der Waals surface area (Å²) < 4.78 is 0. The summed E-state index contributed by atoms with van der Waals surface area (Å²) in [6.07, 6.45) is 1.64. The molecule has 0 saturated carbocycles. The Bertz CT molecular complexity index is 580. The maximum Gasteiger partial charge on any atom is 0.261 e. The van der Waals surface area contributed by atoms with Gasteiger partial charge in [0.1, 0.15) is 5.82 Å². The van der Waals surface area contributed by atoms with E-state index in [0.717, 1.165) is 5.69 Å². The predicted octanol–water partition coefficient (Wildman–Crippen LogP) is 2.96. The number of nitrogens with zero attached hydrogens (tertiary/aromatic N) is 2. The molecule has 0 atom stereocenters. The lowest BCUT2D eigenvalue weighted by Gasteiger charge is -2.06. The zero-order valence-electron chi connectivity index (χ0n) is 11.1. The largest absolute Gasteiger partial charge is 0.372 e. The molecule has 0 aliphatic heterocycles. The van der Waals surface area contributed by atoms with Crippen molar-refractivity contribution in [1.29, 1.82) is 0 Å². The molecule has 1 amide bonds. The second-order valence-electron chi connectivity index (χ2n) is 4.34. The molecule has 2 aromatic heterocycles. The average molecular weight is 276 g/mol. The van der Waals surface area contributed by atoms with Gasteiger partial charge in [-0.25, -0.2) is 9.97 Å². The highest BCUT2D eigenvalue weighted by molar-refractivity contribution is 7.14. The van der Waals surface area contributed by atoms with E-state index in [1.807, 2.05) is 5.38 Å². The van der Waals surface area contributed by atoms with Crippen LogP contribution in [0.2, 0.25) is 0 Å². The minimum atomic E-state index is -0.206. The van der Waals surface area contributed by atoms with Crippen LogP contribution < -0.4 is 10.6 Å². The SMILES string of the molecule is CNc1ncccc1C(=O)Nc1nc(C(C)C)cs1. The van der Waals surface area contributed by atoms with Crippen molar-refractivity contribution in [2.24, 2.45) is 0 Å². The number of anilines is 2. The van der Waals surface area contributed by atoms with E-state index in [1.165, 1.54) is 11.3 Å². The van der Waals surface area contributed by atoms with Gasteiger partial charge in [0.25, 0.3) is 5.91 Å². The quantitative estimate of drug-likeness (QED) is 0.901. The molecule has 0 aliphatic carbocycles. The van der Waals surface area contributed by atoms with Crippen LogP contribution in [-0.4, -0.2) is 22.9 Å². The molecule has 0 radical (unpaired) electrons. The number of thiazole rings is 1. The van der Waals surface area contributed by atoms with E-state index in [1.54, 1.807) is 25.4 Å². The lowest BCUT2D eigenvalue weighted by molar-refractivity contribution is 0.102. The Morgan fingerprint density at radius 2 is 2.21 bits per heavy atom. The third-order valence-corrected chi connectivity index (χ3v) is 3.40. The second kappa shape index (κ2) is 5.79. The van der Waals surface area contributed by atoms with E-state index in [2.05, 4.69) is 34.4 Å². The van der Waals surface area contributed by atoms with E-state index in [4.69, 9.17) is 0 Å². The lowest BCUT2D eigenvalue weighted by Crippen LogP contribution is -2.14. The Labute approximate surface area is 116 Å². The predicted molar refractivity (Wildman–Crippen MR) is 77.9 cm³/mol. The Morgan fingerprint density at radius 1 is 1.42 bits per heavy atom. The number of pyridine rings is 1. The van der Waals surface area contributed by atoms with E-state index in [0.29, 0.717) is 22.4 Å². The molecule has 0 aliphatic rings. The summed E-state index contributed by atoms with van der Waals surface area (Å²) in [4.78, 5) is 20.6. The standard InChI is InChI=1S/C13H16N4OS/c1-8(2)10-7-19-13(16-10)17-12(18)9-5-4-6-15-11(9)14-3/h4-8H,1-3H3,(H,14,15)(H,16,17,18). The van der Waals surface area contributed by atoms with Gasteiger partial charge in [-0.1, -0.05) is 13.8 Å². The van der Waals surface area contributed by atoms with Gasteiger partial charge in [0.15, 0.2) is 5.13 Å². The van der Waals surface area contributed by atoms with E-state index in [9.17, 15) is 4.79 Å². The molecule has 2 heterocycles. The van der Waals surface area contributed by atoms with Gasteiger partial charge in [-0.3, -0.25) is 10.1 Å². The molecule has 19 heavy (non-hydrogen) atoms. The molecule has 2 rings (SSSR count). The molecule has 0 fully saturated rings. The van der Waals surface area contributed by atoms with E-state index >= 15 is 0 Å². The summed E-state index contributed by atoms with van der Waals surface area (Å²) in [6, 6.07) is 3.46. The third-order valence-electron chi connectivity index (χ3n) is 2.62. The normalized spacial score (nSPS) is 10.5. The van der Waals surface area contributed by atoms with Crippen molar-refractivity contribution in [2.45, 2.75) is 19.8 Å². The highest BCUT2D eigenvalue weighted by Crippen LogP contribution is 2.22. The maximum absolute atomic E-state index is 12.1. The first-order chi connectivity index (χ1) is 9.11. The Hall–Kier alpha value is -1.95. The Kier molecular flexibility index (Phi) is 4.11. The monoisotopic (exact) mass is 276 g/mol. The molecule has 0 aromatic carbocycles. The minimum Gasteiger partial charge on any atom is -0.372 e. The fourth-order valence-electron chi connectivity index (χ4n) is 1.56. The fourth-order valence-corrected chi connectivity index (χ4v) is 2.43. The first-order valence-corrected chi connectivity index (χ1v) is 6.89. The fraction of sp³-hybridized carbons (Fsp3) is 0.308. The van der Waals surface area contributed by atoms with Crippen LogP contribution in [0.4, 0.5) is 10.9 Å². The van der Waals surface area contributed by atoms with Crippen LogP contribution in [0, 0.1) is 0 Å². The highest BCUT2D eigenvalue weighted by atomic mass is 32.1. The Morgan fingerprint density at radius 3 is 2.84 bits per heavy atom. The number of hydrogen-bond acceptors (Lipinski definition) is 5. The van der Waals surface area contributed by atoms with Crippen molar-refractivity contribution in [3.8, 4) is 0 Å². The number of carbonyl (C=O) groups excluding carboxylic acids is 1. The van der Waals surface area contributed by atoms with Crippen LogP contribution >= 0.6 is 11.3 Å². The van der Waals surface area contributed by atoms with Gasteiger partial charge < -0.3 is 5.32 Å². The van der Waals surface area contributed by atoms with Gasteiger partial charge in [-0.05, 0) is 18.1 Å². The first kappa shape index (κ1) is 13.5. The van der Waals surface area contributed by atoms with Crippen molar-refractivity contribution in [1.82, 2.24) is 9.97 Å². The van der Waals surface area contributed by atoms with Gasteiger partial charge in [0.05, 0.1) is 11.3 Å². The molecule has 0 unspecified atom stereocenters. The van der Waals surface area contributed by atoms with Crippen LogP contribution in [0.5, 0.6) is 0 Å². The Balaban J connectivity index is 2.16. The molecule has 0 saturated heterocycles. The van der Waals surface area contributed by atoms with Crippen LogP contribution in [0.3, 0.4) is 0 Å². The molecule has 100 valence electrons. The topological polar surface area (TPSA) is 66.9 Å². The maximum atomic E-state index is 12.1. The molecular formula is C13H16N4OS. The lowest BCUT2D eigenvalue weighted by atomic mass is 10.2. The van der Waals surface area contributed by atoms with E-state index in [-0.39, 0.29) is 5.91 Å². The van der Waals surface area contributed by atoms with Crippen molar-refractivity contribution >= 4 is 28.2 Å². The first-order valence-electron chi connectivity index (χ1n) is 6.01. The number of hydrogen-bond donors (Lipinski definition) is 2. The summed E-state index contributed by atoms with van der Waals surface area (Å²) in [7, 11) is 1.74. The zero-order chi connectivity index (χ0) is 13.8. The summed E-state index contributed by atoms with van der Waals surface area (Å²) in [5.41, 5.74) is 1.49. The smallest absolute Gasteiger partial charge is 0.261 e. The zero-order valence-corrected chi connectivity index (χ0v) is 11.9. The summed E-state index contributed by atoms with van der Waals surface area (Å²) in [6.45, 7) is 4.14. The summed E-state index contributed by atoms with van der Waals surface area (Å²) >= 11 is 1.43. The van der Waals surface area contributed by atoms with Crippen molar-refractivity contribution < 1.29 is 4.79 Å². The van der Waals surface area contributed by atoms with Crippen molar-refractivity contribution in [3.63, 3.8) is 0 Å². The molecule has 6 heteroatoms. The number of amides is 1.